The Kier molecular flexibility index (Phi) is 4.05. The van der Waals surface area contributed by atoms with Crippen molar-refractivity contribution in [3.63, 3.8) is 0 Å². The summed E-state index contributed by atoms with van der Waals surface area (Å²) in [7, 11) is 0. The first-order chi connectivity index (χ1) is 4.14. The van der Waals surface area contributed by atoms with E-state index in [4.69, 9.17) is 5.11 Å². The molecule has 54 valence electrons. The third-order valence-corrected chi connectivity index (χ3v) is 0.744. The number of hydrogen-bond donors (Lipinski definition) is 2. The molecule has 0 spiro atoms. The number of hydrogen-bond acceptors (Lipinski definition) is 2. The fourth-order valence-electron chi connectivity index (χ4n) is 0. The Bertz CT molecular complexity index is 86.3. The lowest BCUT2D eigenvalue weighted by atomic mass is 10.2. The molecule has 0 aliphatic carbocycles. The third-order valence-electron chi connectivity index (χ3n) is 0.744. The van der Waals surface area contributed by atoms with Crippen LogP contribution < -0.4 is 5.32 Å². The van der Waals surface area contributed by atoms with E-state index >= 15 is 0 Å². The lowest BCUT2D eigenvalue weighted by Gasteiger charge is -1.89. The van der Waals surface area contributed by atoms with Crippen LogP contribution in [0.4, 0.5) is 0 Å². The van der Waals surface area contributed by atoms with Crippen molar-refractivity contribution >= 4 is 5.97 Å². The van der Waals surface area contributed by atoms with E-state index < -0.39 is 5.97 Å². The first-order valence-corrected chi connectivity index (χ1v) is 3.08. The maximum atomic E-state index is 9.70. The highest BCUT2D eigenvalue weighted by Crippen LogP contribution is 1.87. The molecule has 1 saturated heterocycles. The molecule has 0 aromatic rings. The van der Waals surface area contributed by atoms with E-state index in [1.165, 1.54) is 13.1 Å². The van der Waals surface area contributed by atoms with E-state index in [9.17, 15) is 4.79 Å². The van der Waals surface area contributed by atoms with Crippen LogP contribution in [-0.4, -0.2) is 24.2 Å². The Hall–Kier alpha value is -0.570. The van der Waals surface area contributed by atoms with Crippen LogP contribution in [0.2, 0.25) is 0 Å². The molecule has 1 aliphatic rings. The van der Waals surface area contributed by atoms with Crippen LogP contribution in [0.1, 0.15) is 13.8 Å². The Morgan fingerprint density at radius 3 is 1.78 bits per heavy atom. The molecule has 0 bridgehead atoms. The number of aliphatic carboxylic acids is 1. The van der Waals surface area contributed by atoms with Gasteiger partial charge in [0.15, 0.2) is 0 Å². The molecule has 1 rings (SSSR count). The Morgan fingerprint density at radius 2 is 1.78 bits per heavy atom. The summed E-state index contributed by atoms with van der Waals surface area (Å²) in [5, 5.41) is 11.0. The van der Waals surface area contributed by atoms with Gasteiger partial charge < -0.3 is 10.4 Å². The third kappa shape index (κ3) is 11.2. The number of carboxylic acids is 1. The van der Waals surface area contributed by atoms with Crippen molar-refractivity contribution in [3.8, 4) is 0 Å². The molecule has 3 heteroatoms. The van der Waals surface area contributed by atoms with Gasteiger partial charge in [-0.2, -0.15) is 0 Å². The summed E-state index contributed by atoms with van der Waals surface area (Å²) < 4.78 is 0. The monoisotopic (exact) mass is 131 g/mol. The maximum absolute atomic E-state index is 9.70. The molecule has 0 aromatic heterocycles. The number of carbonyl (C=O) groups is 1. The van der Waals surface area contributed by atoms with Gasteiger partial charge in [-0.05, 0) is 0 Å². The van der Waals surface area contributed by atoms with E-state index in [1.807, 2.05) is 0 Å². The normalized spacial score (nSPS) is 14.1. The summed E-state index contributed by atoms with van der Waals surface area (Å²) in [6, 6.07) is 0. The van der Waals surface area contributed by atoms with Gasteiger partial charge in [-0.1, -0.05) is 13.8 Å². The molecule has 0 atom stereocenters. The highest BCUT2D eigenvalue weighted by molar-refractivity contribution is 5.68. The van der Waals surface area contributed by atoms with E-state index in [0.717, 1.165) is 0 Å². The van der Waals surface area contributed by atoms with E-state index in [0.29, 0.717) is 0 Å². The van der Waals surface area contributed by atoms with Gasteiger partial charge in [-0.3, -0.25) is 4.79 Å². The average molecular weight is 131 g/mol. The minimum atomic E-state index is -0.741. The summed E-state index contributed by atoms with van der Waals surface area (Å²) in [6.45, 7) is 5.78. The lowest BCUT2D eigenvalue weighted by Crippen LogP contribution is -2.03. The second-order valence-electron chi connectivity index (χ2n) is 2.24. The predicted molar refractivity (Wildman–Crippen MR) is 35.3 cm³/mol. The van der Waals surface area contributed by atoms with Crippen molar-refractivity contribution in [2.75, 3.05) is 13.1 Å². The van der Waals surface area contributed by atoms with E-state index in [1.54, 1.807) is 13.8 Å². The Morgan fingerprint density at radius 1 is 1.56 bits per heavy atom. The standard InChI is InChI=1S/C4H8O2.C2H5N/c1-3(2)4(5)6;1-2-3-1/h3H,1-2H3,(H,5,6);3H,1-2H2. The van der Waals surface area contributed by atoms with Gasteiger partial charge in [0.05, 0.1) is 5.92 Å². The minimum Gasteiger partial charge on any atom is -0.481 e. The van der Waals surface area contributed by atoms with Gasteiger partial charge >= 0.3 is 5.97 Å². The van der Waals surface area contributed by atoms with Crippen LogP contribution in [0.25, 0.3) is 0 Å². The molecule has 1 heterocycles. The zero-order chi connectivity index (χ0) is 7.28. The van der Waals surface area contributed by atoms with E-state index in [2.05, 4.69) is 5.32 Å². The summed E-state index contributed by atoms with van der Waals surface area (Å²) in [5.74, 6) is -0.972. The molecule has 0 saturated carbocycles. The van der Waals surface area contributed by atoms with Crippen LogP contribution >= 0.6 is 0 Å². The van der Waals surface area contributed by atoms with E-state index in [-0.39, 0.29) is 5.92 Å². The molecule has 1 fully saturated rings. The summed E-state index contributed by atoms with van der Waals surface area (Å²) >= 11 is 0. The predicted octanol–water partition coefficient (Wildman–Crippen LogP) is 0.317. The van der Waals surface area contributed by atoms with Gasteiger partial charge in [-0.25, -0.2) is 0 Å². The molecule has 0 radical (unpaired) electrons. The zero-order valence-electron chi connectivity index (χ0n) is 5.85. The van der Waals surface area contributed by atoms with Gasteiger partial charge in [0.1, 0.15) is 0 Å². The second-order valence-corrected chi connectivity index (χ2v) is 2.24. The lowest BCUT2D eigenvalue weighted by molar-refractivity contribution is -0.140. The van der Waals surface area contributed by atoms with Crippen LogP contribution in [0.3, 0.4) is 0 Å². The van der Waals surface area contributed by atoms with Crippen molar-refractivity contribution in [1.29, 1.82) is 0 Å². The molecule has 3 nitrogen and oxygen atoms in total. The molecule has 9 heavy (non-hydrogen) atoms. The van der Waals surface area contributed by atoms with Gasteiger partial charge in [-0.15, -0.1) is 0 Å². The van der Waals surface area contributed by atoms with Crippen molar-refractivity contribution in [3.05, 3.63) is 0 Å². The maximum Gasteiger partial charge on any atom is 0.305 e. The minimum absolute atomic E-state index is 0.231. The molecular weight excluding hydrogens is 118 g/mol. The average Bonchev–Trinajstić information content (AvgIpc) is 2.46. The van der Waals surface area contributed by atoms with Crippen molar-refractivity contribution in [1.82, 2.24) is 5.32 Å². The topological polar surface area (TPSA) is 59.2 Å². The smallest absolute Gasteiger partial charge is 0.305 e. The summed E-state index contributed by atoms with van der Waals surface area (Å²) in [4.78, 5) is 9.70. The number of nitrogens with one attached hydrogen (secondary N) is 1. The second kappa shape index (κ2) is 4.32. The highest BCUT2D eigenvalue weighted by atomic mass is 16.4. The van der Waals surface area contributed by atoms with Crippen molar-refractivity contribution < 1.29 is 9.90 Å². The molecule has 0 unspecified atom stereocenters. The number of carboxylic acid groups (broad SMARTS) is 1. The van der Waals surface area contributed by atoms with Crippen LogP contribution in [0, 0.1) is 5.92 Å². The van der Waals surface area contributed by atoms with Crippen LogP contribution in [-0.2, 0) is 4.79 Å². The number of rotatable bonds is 1. The van der Waals surface area contributed by atoms with Crippen LogP contribution in [0.15, 0.2) is 0 Å². The molecule has 1 aliphatic heterocycles. The van der Waals surface area contributed by atoms with Gasteiger partial charge in [0, 0.05) is 13.1 Å². The van der Waals surface area contributed by atoms with Gasteiger partial charge in [0.25, 0.3) is 0 Å². The largest absolute Gasteiger partial charge is 0.481 e. The first-order valence-electron chi connectivity index (χ1n) is 3.08. The first kappa shape index (κ1) is 8.43. The molecular formula is C6H13NO2. The quantitative estimate of drug-likeness (QED) is 0.504. The van der Waals surface area contributed by atoms with Crippen LogP contribution in [0.5, 0.6) is 0 Å². The Labute approximate surface area is 55.1 Å². The fourth-order valence-corrected chi connectivity index (χ4v) is 0. The molecule has 0 amide bonds. The Balaban J connectivity index is 0.000000173. The van der Waals surface area contributed by atoms with Crippen molar-refractivity contribution in [2.24, 2.45) is 5.92 Å². The highest BCUT2D eigenvalue weighted by Gasteiger charge is 1.99. The van der Waals surface area contributed by atoms with Gasteiger partial charge in [0.2, 0.25) is 0 Å². The summed E-state index contributed by atoms with van der Waals surface area (Å²) in [5.41, 5.74) is 0. The fraction of sp³-hybridized carbons (Fsp3) is 0.833. The molecule has 0 aromatic carbocycles. The zero-order valence-corrected chi connectivity index (χ0v) is 5.85. The SMILES string of the molecule is C1CN1.CC(C)C(=O)O. The van der Waals surface area contributed by atoms with Crippen molar-refractivity contribution in [2.45, 2.75) is 13.8 Å². The summed E-state index contributed by atoms with van der Waals surface area (Å²) in [6.07, 6.45) is 0. The molecule has 2 N–H and O–H groups in total.